The zero-order valence-electron chi connectivity index (χ0n) is 11.0. The average molecular weight is 306 g/mol. The van der Waals surface area contributed by atoms with E-state index in [1.165, 1.54) is 24.3 Å². The van der Waals surface area contributed by atoms with Crippen LogP contribution in [-0.4, -0.2) is 17.0 Å². The Morgan fingerprint density at radius 2 is 1.90 bits per heavy atom. The molecular formula is C15H10ClF2N3. The summed E-state index contributed by atoms with van der Waals surface area (Å²) in [6.45, 7) is 0. The fraction of sp³-hybridized carbons (Fsp3) is 0.0667. The van der Waals surface area contributed by atoms with Crippen LogP contribution in [0, 0.1) is 11.6 Å². The minimum absolute atomic E-state index is 0.0407. The van der Waals surface area contributed by atoms with Gasteiger partial charge in [0.1, 0.15) is 17.5 Å². The molecule has 0 spiro atoms. The van der Waals surface area contributed by atoms with Gasteiger partial charge in [-0.2, -0.15) is 0 Å². The number of benzene rings is 2. The summed E-state index contributed by atoms with van der Waals surface area (Å²) in [5.74, 6) is -0.181. The second kappa shape index (κ2) is 5.26. The average Bonchev–Trinajstić information content (AvgIpc) is 2.49. The van der Waals surface area contributed by atoms with Crippen molar-refractivity contribution < 1.29 is 8.78 Å². The molecule has 0 atom stereocenters. The lowest BCUT2D eigenvalue weighted by Gasteiger charge is -2.09. The van der Waals surface area contributed by atoms with E-state index >= 15 is 0 Å². The van der Waals surface area contributed by atoms with Gasteiger partial charge in [-0.15, -0.1) is 0 Å². The van der Waals surface area contributed by atoms with Gasteiger partial charge in [0.2, 0.25) is 0 Å². The fourth-order valence-electron chi connectivity index (χ4n) is 2.09. The third-order valence-corrected chi connectivity index (χ3v) is 3.47. The van der Waals surface area contributed by atoms with Crippen molar-refractivity contribution >= 4 is 28.3 Å². The first-order valence-corrected chi connectivity index (χ1v) is 6.57. The topological polar surface area (TPSA) is 37.8 Å². The molecule has 1 aromatic heterocycles. The van der Waals surface area contributed by atoms with Crippen molar-refractivity contribution in [1.82, 2.24) is 9.97 Å². The van der Waals surface area contributed by atoms with E-state index in [4.69, 9.17) is 11.6 Å². The maximum atomic E-state index is 13.6. The molecule has 3 rings (SSSR count). The summed E-state index contributed by atoms with van der Waals surface area (Å²) < 4.78 is 26.9. The molecule has 0 bridgehead atoms. The Kier molecular flexibility index (Phi) is 3.43. The molecule has 0 saturated heterocycles. The maximum absolute atomic E-state index is 13.6. The van der Waals surface area contributed by atoms with Crippen molar-refractivity contribution in [2.24, 2.45) is 0 Å². The Morgan fingerprint density at radius 1 is 1.10 bits per heavy atom. The van der Waals surface area contributed by atoms with Crippen LogP contribution in [-0.2, 0) is 0 Å². The van der Waals surface area contributed by atoms with Crippen LogP contribution in [0.4, 0.5) is 14.6 Å². The molecule has 0 fully saturated rings. The summed E-state index contributed by atoms with van der Waals surface area (Å²) in [6.07, 6.45) is 0. The van der Waals surface area contributed by atoms with E-state index in [1.54, 1.807) is 19.2 Å². The van der Waals surface area contributed by atoms with E-state index in [0.29, 0.717) is 22.3 Å². The molecule has 0 aliphatic rings. The van der Waals surface area contributed by atoms with Crippen molar-refractivity contribution in [1.29, 1.82) is 0 Å². The van der Waals surface area contributed by atoms with Crippen LogP contribution in [0.5, 0.6) is 0 Å². The molecule has 6 heteroatoms. The SMILES string of the molecule is CNc1nc(-c2cccc(F)c2Cl)nc2ccc(F)cc12. The maximum Gasteiger partial charge on any atom is 0.163 e. The summed E-state index contributed by atoms with van der Waals surface area (Å²) in [5, 5.41) is 3.40. The van der Waals surface area contributed by atoms with Gasteiger partial charge in [0.25, 0.3) is 0 Å². The third kappa shape index (κ3) is 2.40. The molecule has 0 saturated carbocycles. The molecule has 0 aliphatic carbocycles. The normalized spacial score (nSPS) is 10.9. The highest BCUT2D eigenvalue weighted by Crippen LogP contribution is 2.30. The van der Waals surface area contributed by atoms with E-state index in [0.717, 1.165) is 0 Å². The summed E-state index contributed by atoms with van der Waals surface area (Å²) >= 11 is 5.96. The molecule has 3 nitrogen and oxygen atoms in total. The number of rotatable bonds is 2. The highest BCUT2D eigenvalue weighted by atomic mass is 35.5. The zero-order valence-corrected chi connectivity index (χ0v) is 11.7. The highest BCUT2D eigenvalue weighted by molar-refractivity contribution is 6.33. The lowest BCUT2D eigenvalue weighted by molar-refractivity contribution is 0.628. The van der Waals surface area contributed by atoms with E-state index < -0.39 is 5.82 Å². The van der Waals surface area contributed by atoms with Gasteiger partial charge in [0, 0.05) is 18.0 Å². The number of fused-ring (bicyclic) bond motifs is 1. The number of aromatic nitrogens is 2. The van der Waals surface area contributed by atoms with Crippen molar-refractivity contribution in [3.05, 3.63) is 53.1 Å². The number of anilines is 1. The van der Waals surface area contributed by atoms with Crippen LogP contribution < -0.4 is 5.32 Å². The minimum Gasteiger partial charge on any atom is -0.373 e. The second-order valence-electron chi connectivity index (χ2n) is 4.41. The van der Waals surface area contributed by atoms with Gasteiger partial charge in [-0.25, -0.2) is 18.7 Å². The first-order valence-electron chi connectivity index (χ1n) is 6.19. The molecule has 0 amide bonds. The highest BCUT2D eigenvalue weighted by Gasteiger charge is 2.14. The Morgan fingerprint density at radius 3 is 2.67 bits per heavy atom. The smallest absolute Gasteiger partial charge is 0.163 e. The van der Waals surface area contributed by atoms with Gasteiger partial charge in [0.05, 0.1) is 10.5 Å². The van der Waals surface area contributed by atoms with Crippen LogP contribution in [0.3, 0.4) is 0 Å². The van der Waals surface area contributed by atoms with Gasteiger partial charge >= 0.3 is 0 Å². The molecule has 21 heavy (non-hydrogen) atoms. The van der Waals surface area contributed by atoms with Gasteiger partial charge < -0.3 is 5.32 Å². The monoisotopic (exact) mass is 305 g/mol. The van der Waals surface area contributed by atoms with Crippen LogP contribution in [0.1, 0.15) is 0 Å². The Balaban J connectivity index is 2.29. The Hall–Kier alpha value is -2.27. The molecular weight excluding hydrogens is 296 g/mol. The first-order chi connectivity index (χ1) is 10.1. The third-order valence-electron chi connectivity index (χ3n) is 3.09. The van der Waals surface area contributed by atoms with Crippen molar-refractivity contribution in [2.75, 3.05) is 12.4 Å². The number of halogens is 3. The molecule has 1 N–H and O–H groups in total. The van der Waals surface area contributed by atoms with E-state index in [9.17, 15) is 8.78 Å². The lowest BCUT2D eigenvalue weighted by Crippen LogP contribution is -2.00. The first kappa shape index (κ1) is 13.7. The lowest BCUT2D eigenvalue weighted by atomic mass is 10.1. The van der Waals surface area contributed by atoms with Crippen LogP contribution in [0.15, 0.2) is 36.4 Å². The largest absolute Gasteiger partial charge is 0.373 e. The Labute approximate surface area is 124 Å². The molecule has 3 aromatic rings. The van der Waals surface area contributed by atoms with E-state index in [1.807, 2.05) is 0 Å². The summed E-state index contributed by atoms with van der Waals surface area (Å²) in [5.41, 5.74) is 0.936. The minimum atomic E-state index is -0.539. The van der Waals surface area contributed by atoms with Crippen molar-refractivity contribution in [3.8, 4) is 11.4 Å². The Bertz CT molecular complexity index is 837. The summed E-state index contributed by atoms with van der Waals surface area (Å²) in [6, 6.07) is 8.64. The number of nitrogens with zero attached hydrogens (tertiary/aromatic N) is 2. The quantitative estimate of drug-likeness (QED) is 0.768. The van der Waals surface area contributed by atoms with Gasteiger partial charge in [-0.3, -0.25) is 0 Å². The second-order valence-corrected chi connectivity index (χ2v) is 4.79. The molecule has 0 unspecified atom stereocenters. The molecule has 0 aliphatic heterocycles. The van der Waals surface area contributed by atoms with Gasteiger partial charge in [0.15, 0.2) is 5.82 Å². The summed E-state index contributed by atoms with van der Waals surface area (Å²) in [4.78, 5) is 8.62. The number of hydrogen-bond donors (Lipinski definition) is 1. The molecule has 2 aromatic carbocycles. The molecule has 0 radical (unpaired) electrons. The summed E-state index contributed by atoms with van der Waals surface area (Å²) in [7, 11) is 1.67. The number of nitrogens with one attached hydrogen (secondary N) is 1. The van der Waals surface area contributed by atoms with E-state index in [2.05, 4.69) is 15.3 Å². The van der Waals surface area contributed by atoms with E-state index in [-0.39, 0.29) is 16.7 Å². The van der Waals surface area contributed by atoms with Crippen molar-refractivity contribution in [3.63, 3.8) is 0 Å². The standard InChI is InChI=1S/C15H10ClF2N3/c1-19-14-10-7-8(17)5-6-12(10)20-15(21-14)9-3-2-4-11(18)13(9)16/h2-7H,1H3,(H,19,20,21). The van der Waals surface area contributed by atoms with Crippen LogP contribution in [0.25, 0.3) is 22.3 Å². The zero-order chi connectivity index (χ0) is 15.0. The molecule has 106 valence electrons. The van der Waals surface area contributed by atoms with Gasteiger partial charge in [-0.1, -0.05) is 17.7 Å². The molecule has 1 heterocycles. The fourth-order valence-corrected chi connectivity index (χ4v) is 2.30. The van der Waals surface area contributed by atoms with Crippen molar-refractivity contribution in [2.45, 2.75) is 0 Å². The predicted octanol–water partition coefficient (Wildman–Crippen LogP) is 4.27. The number of hydrogen-bond acceptors (Lipinski definition) is 3. The van der Waals surface area contributed by atoms with Crippen LogP contribution >= 0.6 is 11.6 Å². The van der Waals surface area contributed by atoms with Crippen LogP contribution in [0.2, 0.25) is 5.02 Å². The van der Waals surface area contributed by atoms with Gasteiger partial charge in [-0.05, 0) is 30.3 Å². The predicted molar refractivity (Wildman–Crippen MR) is 79.4 cm³/mol.